The number of fused-ring (bicyclic) bond motifs is 1. The van der Waals surface area contributed by atoms with Crippen molar-refractivity contribution in [1.82, 2.24) is 14.9 Å². The lowest BCUT2D eigenvalue weighted by Gasteiger charge is -2.21. The van der Waals surface area contributed by atoms with Gasteiger partial charge in [0.05, 0.1) is 6.42 Å². The van der Waals surface area contributed by atoms with Gasteiger partial charge >= 0.3 is 0 Å². The third-order valence-corrected chi connectivity index (χ3v) is 3.96. The van der Waals surface area contributed by atoms with Gasteiger partial charge in [-0.05, 0) is 30.0 Å². The molecule has 2 aromatic rings. The average molecular weight is 288 g/mol. The van der Waals surface area contributed by atoms with Gasteiger partial charge in [-0.3, -0.25) is 4.79 Å². The molecule has 1 amide bonds. The second kappa shape index (κ2) is 6.72. The molecule has 2 aromatic heterocycles. The fourth-order valence-electron chi connectivity index (χ4n) is 2.26. The van der Waals surface area contributed by atoms with E-state index in [2.05, 4.69) is 23.8 Å². The molecular weight excluding hydrogens is 264 g/mol. The quantitative estimate of drug-likeness (QED) is 0.853. The van der Waals surface area contributed by atoms with Gasteiger partial charge in [0, 0.05) is 37.4 Å². The molecule has 0 saturated carbocycles. The van der Waals surface area contributed by atoms with Crippen LogP contribution in [-0.2, 0) is 11.2 Å². The molecule has 3 N–H and O–H groups in total. The molecule has 0 aliphatic rings. The first-order valence-corrected chi connectivity index (χ1v) is 7.39. The van der Waals surface area contributed by atoms with Gasteiger partial charge in [-0.25, -0.2) is 4.98 Å². The Morgan fingerprint density at radius 3 is 2.95 bits per heavy atom. The number of pyridine rings is 1. The molecule has 0 aliphatic carbocycles. The summed E-state index contributed by atoms with van der Waals surface area (Å²) in [5.41, 5.74) is 7.84. The van der Waals surface area contributed by atoms with E-state index in [1.165, 1.54) is 0 Å². The Morgan fingerprint density at radius 1 is 1.48 bits per heavy atom. The van der Waals surface area contributed by atoms with E-state index in [1.807, 2.05) is 25.4 Å². The molecule has 0 aliphatic heterocycles. The number of amides is 1. The van der Waals surface area contributed by atoms with Crippen LogP contribution in [-0.4, -0.2) is 40.4 Å². The van der Waals surface area contributed by atoms with Crippen LogP contribution >= 0.6 is 0 Å². The number of hydrogen-bond donors (Lipinski definition) is 2. The maximum Gasteiger partial charge on any atom is 0.226 e. The van der Waals surface area contributed by atoms with E-state index in [4.69, 9.17) is 5.73 Å². The summed E-state index contributed by atoms with van der Waals surface area (Å²) in [6, 6.07) is 4.00. The lowest BCUT2D eigenvalue weighted by Crippen LogP contribution is -2.35. The molecule has 5 heteroatoms. The van der Waals surface area contributed by atoms with Crippen molar-refractivity contribution in [2.45, 2.75) is 32.7 Å². The highest BCUT2D eigenvalue weighted by atomic mass is 16.2. The van der Waals surface area contributed by atoms with Crippen molar-refractivity contribution in [3.63, 3.8) is 0 Å². The van der Waals surface area contributed by atoms with Crippen molar-refractivity contribution in [1.29, 1.82) is 0 Å². The third kappa shape index (κ3) is 3.82. The van der Waals surface area contributed by atoms with Crippen LogP contribution in [0.25, 0.3) is 11.0 Å². The lowest BCUT2D eigenvalue weighted by molar-refractivity contribution is -0.129. The topological polar surface area (TPSA) is 75.0 Å². The van der Waals surface area contributed by atoms with Gasteiger partial charge in [-0.15, -0.1) is 0 Å². The van der Waals surface area contributed by atoms with Crippen molar-refractivity contribution in [3.05, 3.63) is 30.1 Å². The molecule has 0 radical (unpaired) electrons. The Hall–Kier alpha value is -1.88. The van der Waals surface area contributed by atoms with Gasteiger partial charge in [0.15, 0.2) is 0 Å². The monoisotopic (exact) mass is 288 g/mol. The van der Waals surface area contributed by atoms with Crippen LogP contribution in [0.15, 0.2) is 24.5 Å². The number of hydrogen-bond acceptors (Lipinski definition) is 3. The lowest BCUT2D eigenvalue weighted by atomic mass is 10.0. The molecule has 1 unspecified atom stereocenters. The standard InChI is InChI=1S/C16H24N4O/c1-11(2)14(17)6-8-20(3)15(21)9-12-10-19-16-13(12)5-4-7-18-16/h4-5,7,10-11,14H,6,8-9,17H2,1-3H3,(H,18,19). The van der Waals surface area contributed by atoms with Gasteiger partial charge in [-0.1, -0.05) is 13.8 Å². The predicted molar refractivity (Wildman–Crippen MR) is 84.9 cm³/mol. The second-order valence-corrected chi connectivity index (χ2v) is 5.90. The number of nitrogens with two attached hydrogens (primary N) is 1. The SMILES string of the molecule is CC(C)C(N)CCN(C)C(=O)Cc1c[nH]c2ncccc12. The van der Waals surface area contributed by atoms with Crippen LogP contribution in [0.2, 0.25) is 0 Å². The zero-order valence-electron chi connectivity index (χ0n) is 13.0. The third-order valence-electron chi connectivity index (χ3n) is 3.96. The number of aromatic amines is 1. The molecule has 21 heavy (non-hydrogen) atoms. The van der Waals surface area contributed by atoms with Crippen LogP contribution < -0.4 is 5.73 Å². The summed E-state index contributed by atoms with van der Waals surface area (Å²) in [6.07, 6.45) is 4.82. The van der Waals surface area contributed by atoms with Crippen molar-refractivity contribution < 1.29 is 4.79 Å². The highest BCUT2D eigenvalue weighted by Gasteiger charge is 2.15. The summed E-state index contributed by atoms with van der Waals surface area (Å²) in [5, 5.41) is 1.01. The first kappa shape index (κ1) is 15.5. The minimum Gasteiger partial charge on any atom is -0.346 e. The van der Waals surface area contributed by atoms with Crippen molar-refractivity contribution >= 4 is 16.9 Å². The molecule has 2 rings (SSSR count). The Morgan fingerprint density at radius 2 is 2.24 bits per heavy atom. The van der Waals surface area contributed by atoms with E-state index >= 15 is 0 Å². The van der Waals surface area contributed by atoms with E-state index < -0.39 is 0 Å². The van der Waals surface area contributed by atoms with Crippen molar-refractivity contribution in [2.24, 2.45) is 11.7 Å². The summed E-state index contributed by atoms with van der Waals surface area (Å²) < 4.78 is 0. The molecule has 5 nitrogen and oxygen atoms in total. The van der Waals surface area contributed by atoms with E-state index in [-0.39, 0.29) is 11.9 Å². The maximum absolute atomic E-state index is 12.3. The Kier molecular flexibility index (Phi) is 4.96. The molecule has 114 valence electrons. The van der Waals surface area contributed by atoms with Crippen LogP contribution in [0.3, 0.4) is 0 Å². The number of aromatic nitrogens is 2. The number of likely N-dealkylation sites (N-methyl/N-ethyl adjacent to an activating group) is 1. The Bertz CT molecular complexity index is 605. The van der Waals surface area contributed by atoms with Crippen molar-refractivity contribution in [2.75, 3.05) is 13.6 Å². The van der Waals surface area contributed by atoms with Crippen LogP contribution in [0.5, 0.6) is 0 Å². The number of rotatable bonds is 6. The number of carbonyl (C=O) groups is 1. The Labute approximate surface area is 125 Å². The minimum absolute atomic E-state index is 0.107. The van der Waals surface area contributed by atoms with Crippen LogP contribution in [0.4, 0.5) is 0 Å². The number of carbonyl (C=O) groups excluding carboxylic acids is 1. The highest BCUT2D eigenvalue weighted by Crippen LogP contribution is 2.16. The molecule has 0 fully saturated rings. The van der Waals surface area contributed by atoms with Gasteiger partial charge < -0.3 is 15.6 Å². The molecule has 0 bridgehead atoms. The van der Waals surface area contributed by atoms with E-state index in [0.29, 0.717) is 18.9 Å². The molecule has 0 saturated heterocycles. The highest BCUT2D eigenvalue weighted by molar-refractivity contribution is 5.86. The molecular formula is C16H24N4O. The molecule has 1 atom stereocenters. The number of nitrogens with one attached hydrogen (secondary N) is 1. The zero-order chi connectivity index (χ0) is 15.4. The summed E-state index contributed by atoms with van der Waals surface area (Å²) in [7, 11) is 1.84. The van der Waals surface area contributed by atoms with E-state index in [0.717, 1.165) is 23.0 Å². The molecule has 0 spiro atoms. The normalized spacial score (nSPS) is 12.8. The molecule has 2 heterocycles. The van der Waals surface area contributed by atoms with Crippen LogP contribution in [0, 0.1) is 5.92 Å². The van der Waals surface area contributed by atoms with E-state index in [1.54, 1.807) is 11.1 Å². The van der Waals surface area contributed by atoms with Crippen LogP contribution in [0.1, 0.15) is 25.8 Å². The van der Waals surface area contributed by atoms with Gasteiger partial charge in [-0.2, -0.15) is 0 Å². The predicted octanol–water partition coefficient (Wildman–Crippen LogP) is 1.94. The summed E-state index contributed by atoms with van der Waals surface area (Å²) in [6.45, 7) is 4.90. The van der Waals surface area contributed by atoms with Gasteiger partial charge in [0.25, 0.3) is 0 Å². The van der Waals surface area contributed by atoms with Gasteiger partial charge in [0.2, 0.25) is 5.91 Å². The largest absolute Gasteiger partial charge is 0.346 e. The average Bonchev–Trinajstić information content (AvgIpc) is 2.87. The smallest absolute Gasteiger partial charge is 0.226 e. The Balaban J connectivity index is 1.94. The fraction of sp³-hybridized carbons (Fsp3) is 0.500. The summed E-state index contributed by atoms with van der Waals surface area (Å²) in [4.78, 5) is 21.4. The molecule has 0 aromatic carbocycles. The first-order valence-electron chi connectivity index (χ1n) is 7.39. The zero-order valence-corrected chi connectivity index (χ0v) is 13.0. The minimum atomic E-state index is 0.107. The fourth-order valence-corrected chi connectivity index (χ4v) is 2.26. The second-order valence-electron chi connectivity index (χ2n) is 5.90. The summed E-state index contributed by atoms with van der Waals surface area (Å²) >= 11 is 0. The number of H-pyrrole nitrogens is 1. The van der Waals surface area contributed by atoms with E-state index in [9.17, 15) is 4.79 Å². The maximum atomic E-state index is 12.3. The van der Waals surface area contributed by atoms with Gasteiger partial charge in [0.1, 0.15) is 5.65 Å². The first-order chi connectivity index (χ1) is 9.99. The summed E-state index contributed by atoms with van der Waals surface area (Å²) in [5.74, 6) is 0.545. The number of nitrogens with zero attached hydrogens (tertiary/aromatic N) is 2. The van der Waals surface area contributed by atoms with Crippen molar-refractivity contribution in [3.8, 4) is 0 Å².